The Morgan fingerprint density at radius 1 is 0.946 bits per heavy atom. The van der Waals surface area contributed by atoms with Crippen LogP contribution in [-0.4, -0.2) is 34.8 Å². The predicted molar refractivity (Wildman–Crippen MR) is 144 cm³/mol. The second-order valence-electron chi connectivity index (χ2n) is 10.1. The summed E-state index contributed by atoms with van der Waals surface area (Å²) in [7, 11) is -3.61. The molecule has 4 aromatic rings. The molecule has 37 heavy (non-hydrogen) atoms. The van der Waals surface area contributed by atoms with Crippen LogP contribution in [0.15, 0.2) is 66.7 Å². The molecule has 0 radical (unpaired) electrons. The Labute approximate surface area is 216 Å². The van der Waals surface area contributed by atoms with Crippen molar-refractivity contribution in [1.29, 1.82) is 0 Å². The summed E-state index contributed by atoms with van der Waals surface area (Å²) in [6.07, 6.45) is 3.87. The van der Waals surface area contributed by atoms with Gasteiger partial charge in [0.05, 0.1) is 11.3 Å². The highest BCUT2D eigenvalue weighted by Gasteiger charge is 2.37. The molecule has 0 bridgehead atoms. The topological polar surface area (TPSA) is 75.2 Å². The van der Waals surface area contributed by atoms with Crippen LogP contribution in [0.2, 0.25) is 0 Å². The molecule has 8 heteroatoms. The first-order valence-electron chi connectivity index (χ1n) is 12.7. The summed E-state index contributed by atoms with van der Waals surface area (Å²) in [6.45, 7) is 1.90. The van der Waals surface area contributed by atoms with Crippen molar-refractivity contribution >= 4 is 26.7 Å². The number of nitrogens with zero attached hydrogens (tertiary/aromatic N) is 3. The average Bonchev–Trinajstić information content (AvgIpc) is 3.79. The molecular formula is C29H29FN4O2S. The number of rotatable bonds is 9. The number of hydrogen-bond donors (Lipinski definition) is 1. The van der Waals surface area contributed by atoms with Gasteiger partial charge in [-0.15, -0.1) is 0 Å². The maximum absolute atomic E-state index is 15.0. The lowest BCUT2D eigenvalue weighted by Gasteiger charge is -2.23. The first-order valence-corrected chi connectivity index (χ1v) is 14.3. The highest BCUT2D eigenvalue weighted by molar-refractivity contribution is 7.88. The van der Waals surface area contributed by atoms with Crippen LogP contribution in [0.4, 0.5) is 10.2 Å². The van der Waals surface area contributed by atoms with Gasteiger partial charge in [-0.2, -0.15) is 4.31 Å². The van der Waals surface area contributed by atoms with Crippen LogP contribution in [0.1, 0.15) is 42.6 Å². The van der Waals surface area contributed by atoms with Crippen LogP contribution in [0.3, 0.4) is 0 Å². The molecule has 3 aromatic carbocycles. The minimum Gasteiger partial charge on any atom is -0.367 e. The number of benzene rings is 3. The van der Waals surface area contributed by atoms with Crippen molar-refractivity contribution in [2.45, 2.75) is 57.0 Å². The van der Waals surface area contributed by atoms with Crippen LogP contribution >= 0.6 is 0 Å². The number of sulfonamides is 1. The lowest BCUT2D eigenvalue weighted by molar-refractivity contribution is 0.391. The highest BCUT2D eigenvalue weighted by atomic mass is 32.2. The fourth-order valence-electron chi connectivity index (χ4n) is 4.68. The predicted octanol–water partition coefficient (Wildman–Crippen LogP) is 5.81. The number of aryl methyl sites for hydroxylation is 1. The lowest BCUT2D eigenvalue weighted by atomic mass is 10.0. The Morgan fingerprint density at radius 3 is 2.41 bits per heavy atom. The molecule has 0 unspecified atom stereocenters. The van der Waals surface area contributed by atoms with Gasteiger partial charge in [-0.25, -0.2) is 22.8 Å². The maximum Gasteiger partial charge on any atom is 0.218 e. The smallest absolute Gasteiger partial charge is 0.218 e. The summed E-state index contributed by atoms with van der Waals surface area (Å²) in [6, 6.07) is 20.4. The van der Waals surface area contributed by atoms with E-state index in [1.165, 1.54) is 10.4 Å². The van der Waals surface area contributed by atoms with E-state index in [0.29, 0.717) is 17.4 Å². The van der Waals surface area contributed by atoms with Crippen molar-refractivity contribution in [3.8, 4) is 11.1 Å². The summed E-state index contributed by atoms with van der Waals surface area (Å²) in [5.41, 5.74) is 3.69. The average molecular weight is 517 g/mol. The SMILES string of the molecule is Cc1nc(NC2CC2)c2cc(-c3ccc(F)c(CN(C4CC4)S(=O)(=O)Cc4ccccc4)c3)ccc2n1. The molecule has 190 valence electrons. The zero-order valence-electron chi connectivity index (χ0n) is 20.7. The van der Waals surface area contributed by atoms with E-state index < -0.39 is 15.8 Å². The Hall–Kier alpha value is -3.36. The lowest BCUT2D eigenvalue weighted by Crippen LogP contribution is -2.34. The molecule has 2 saturated carbocycles. The number of halogens is 1. The van der Waals surface area contributed by atoms with E-state index in [1.807, 2.05) is 43.3 Å². The second-order valence-corrected chi connectivity index (χ2v) is 12.0. The monoisotopic (exact) mass is 516 g/mol. The van der Waals surface area contributed by atoms with E-state index in [1.54, 1.807) is 24.3 Å². The summed E-state index contributed by atoms with van der Waals surface area (Å²) < 4.78 is 43.2. The molecule has 0 spiro atoms. The Kier molecular flexibility index (Phi) is 6.16. The fraction of sp³-hybridized carbons (Fsp3) is 0.310. The molecule has 6 rings (SSSR count). The van der Waals surface area contributed by atoms with E-state index in [-0.39, 0.29) is 18.3 Å². The van der Waals surface area contributed by atoms with E-state index >= 15 is 4.39 Å². The maximum atomic E-state index is 15.0. The summed E-state index contributed by atoms with van der Waals surface area (Å²) in [4.78, 5) is 9.19. The zero-order chi connectivity index (χ0) is 25.6. The molecule has 0 amide bonds. The van der Waals surface area contributed by atoms with Gasteiger partial charge in [0, 0.05) is 29.6 Å². The van der Waals surface area contributed by atoms with Crippen LogP contribution in [-0.2, 0) is 22.3 Å². The highest BCUT2D eigenvalue weighted by Crippen LogP contribution is 2.35. The second kappa shape index (κ2) is 9.50. The molecular weight excluding hydrogens is 487 g/mol. The molecule has 0 atom stereocenters. The molecule has 2 aliphatic carbocycles. The standard InChI is InChI=1S/C29H29FN4O2S/c1-19-31-28-14-8-22(16-26(28)29(32-19)33-24-9-10-24)21-7-13-27(30)23(15-21)17-34(25-11-12-25)37(35,36)18-20-5-3-2-4-6-20/h2-8,13-16,24-25H,9-12,17-18H2,1H3,(H,31,32,33). The van der Waals surface area contributed by atoms with E-state index in [4.69, 9.17) is 0 Å². The van der Waals surface area contributed by atoms with Crippen LogP contribution < -0.4 is 5.32 Å². The Bertz CT molecular complexity index is 1570. The van der Waals surface area contributed by atoms with E-state index in [2.05, 4.69) is 15.3 Å². The van der Waals surface area contributed by atoms with Crippen molar-refractivity contribution in [3.63, 3.8) is 0 Å². The van der Waals surface area contributed by atoms with Gasteiger partial charge in [0.1, 0.15) is 17.5 Å². The van der Waals surface area contributed by atoms with Crippen molar-refractivity contribution in [3.05, 3.63) is 89.5 Å². The third kappa shape index (κ3) is 5.36. The molecule has 1 aromatic heterocycles. The van der Waals surface area contributed by atoms with Crippen molar-refractivity contribution in [2.24, 2.45) is 0 Å². The fourth-order valence-corrected chi connectivity index (χ4v) is 6.46. The van der Waals surface area contributed by atoms with Gasteiger partial charge in [0.15, 0.2) is 0 Å². The van der Waals surface area contributed by atoms with Gasteiger partial charge in [-0.05, 0) is 73.6 Å². The molecule has 1 heterocycles. The number of nitrogens with one attached hydrogen (secondary N) is 1. The van der Waals surface area contributed by atoms with Crippen LogP contribution in [0.5, 0.6) is 0 Å². The van der Waals surface area contributed by atoms with Crippen molar-refractivity contribution in [1.82, 2.24) is 14.3 Å². The summed E-state index contributed by atoms with van der Waals surface area (Å²) >= 11 is 0. The van der Waals surface area contributed by atoms with E-state index in [0.717, 1.165) is 59.1 Å². The third-order valence-corrected chi connectivity index (χ3v) is 8.77. The number of aromatic nitrogens is 2. The van der Waals surface area contributed by atoms with Gasteiger partial charge < -0.3 is 5.32 Å². The van der Waals surface area contributed by atoms with Gasteiger partial charge in [-0.1, -0.05) is 42.5 Å². The van der Waals surface area contributed by atoms with Crippen molar-refractivity contribution in [2.75, 3.05) is 5.32 Å². The number of anilines is 1. The minimum atomic E-state index is -3.61. The Balaban J connectivity index is 1.32. The summed E-state index contributed by atoms with van der Waals surface area (Å²) in [5, 5.41) is 4.42. The van der Waals surface area contributed by atoms with E-state index in [9.17, 15) is 8.42 Å². The minimum absolute atomic E-state index is 0.0177. The molecule has 1 N–H and O–H groups in total. The van der Waals surface area contributed by atoms with Gasteiger partial charge in [0.25, 0.3) is 0 Å². The first kappa shape index (κ1) is 24.0. The third-order valence-electron chi connectivity index (χ3n) is 6.93. The van der Waals surface area contributed by atoms with Crippen LogP contribution in [0, 0.1) is 12.7 Å². The van der Waals surface area contributed by atoms with Gasteiger partial charge in [0.2, 0.25) is 10.0 Å². The molecule has 2 aliphatic rings. The normalized spacial score (nSPS) is 15.9. The largest absolute Gasteiger partial charge is 0.367 e. The molecule has 0 saturated heterocycles. The quantitative estimate of drug-likeness (QED) is 0.304. The Morgan fingerprint density at radius 2 is 1.68 bits per heavy atom. The molecule has 6 nitrogen and oxygen atoms in total. The molecule has 0 aliphatic heterocycles. The van der Waals surface area contributed by atoms with Gasteiger partial charge in [-0.3, -0.25) is 0 Å². The number of hydrogen-bond acceptors (Lipinski definition) is 5. The molecule has 2 fully saturated rings. The first-order chi connectivity index (χ1) is 17.9. The van der Waals surface area contributed by atoms with Crippen molar-refractivity contribution < 1.29 is 12.8 Å². The summed E-state index contributed by atoms with van der Waals surface area (Å²) in [5.74, 6) is 1.04. The zero-order valence-corrected chi connectivity index (χ0v) is 21.5. The van der Waals surface area contributed by atoms with Gasteiger partial charge >= 0.3 is 0 Å². The number of fused-ring (bicyclic) bond motifs is 1. The van der Waals surface area contributed by atoms with Crippen LogP contribution in [0.25, 0.3) is 22.0 Å².